The van der Waals surface area contributed by atoms with Crippen molar-refractivity contribution in [1.82, 2.24) is 10.4 Å². The minimum Gasteiger partial charge on any atom is -0.272 e. The van der Waals surface area contributed by atoms with E-state index in [2.05, 4.69) is 5.43 Å². The van der Waals surface area contributed by atoms with Crippen LogP contribution >= 0.6 is 0 Å². The summed E-state index contributed by atoms with van der Waals surface area (Å²) in [4.78, 5) is 37.8. The summed E-state index contributed by atoms with van der Waals surface area (Å²) >= 11 is 0. The van der Waals surface area contributed by atoms with Crippen molar-refractivity contribution in [3.05, 3.63) is 35.4 Å². The summed E-state index contributed by atoms with van der Waals surface area (Å²) in [6, 6.07) is 3.58. The van der Waals surface area contributed by atoms with Crippen LogP contribution in [0.4, 0.5) is 13.2 Å². The third kappa shape index (κ3) is 2.50. The fourth-order valence-corrected chi connectivity index (χ4v) is 3.90. The first-order chi connectivity index (χ1) is 11.9. The van der Waals surface area contributed by atoms with Gasteiger partial charge in [-0.2, -0.15) is 18.2 Å². The fraction of sp³-hybridized carbons (Fsp3) is 0.500. The van der Waals surface area contributed by atoms with Crippen molar-refractivity contribution in [1.29, 1.82) is 0 Å². The summed E-state index contributed by atoms with van der Waals surface area (Å²) in [5.41, 5.74) is 0.0234. The quantitative estimate of drug-likeness (QED) is 0.816. The summed E-state index contributed by atoms with van der Waals surface area (Å²) in [6.45, 7) is 5.52. The standard InChI is InChI=1S/C18H19F3N2O3/c1-16(2)12-8-9-17(16,3)15(26)23(14(12)25)22-13(24)10-4-6-11(7-5-10)18(19,20)21/h4-7,12H,8-9H2,1-3H3,(H,22,24)/t12-,17+/m1/s1. The van der Waals surface area contributed by atoms with Crippen LogP contribution in [0.2, 0.25) is 0 Å². The second kappa shape index (κ2) is 5.56. The first kappa shape index (κ1) is 18.4. The summed E-state index contributed by atoms with van der Waals surface area (Å²) in [6.07, 6.45) is -3.41. The van der Waals surface area contributed by atoms with E-state index in [4.69, 9.17) is 0 Å². The molecule has 140 valence electrons. The molecule has 1 aliphatic heterocycles. The number of nitrogens with one attached hydrogen (secondary N) is 1. The van der Waals surface area contributed by atoms with E-state index in [0.717, 1.165) is 29.3 Å². The van der Waals surface area contributed by atoms with Crippen molar-refractivity contribution in [2.45, 2.75) is 39.8 Å². The Morgan fingerprint density at radius 1 is 1.15 bits per heavy atom. The van der Waals surface area contributed by atoms with Crippen LogP contribution in [0.1, 0.15) is 49.5 Å². The molecule has 26 heavy (non-hydrogen) atoms. The first-order valence-electron chi connectivity index (χ1n) is 8.26. The van der Waals surface area contributed by atoms with E-state index in [0.29, 0.717) is 12.8 Å². The molecule has 1 aromatic rings. The van der Waals surface area contributed by atoms with Crippen LogP contribution in [0.3, 0.4) is 0 Å². The van der Waals surface area contributed by atoms with Gasteiger partial charge in [-0.3, -0.25) is 19.8 Å². The van der Waals surface area contributed by atoms with Gasteiger partial charge in [0.25, 0.3) is 17.7 Å². The molecule has 0 radical (unpaired) electrons. The molecule has 2 aliphatic rings. The Morgan fingerprint density at radius 3 is 2.27 bits per heavy atom. The van der Waals surface area contributed by atoms with Gasteiger partial charge in [0, 0.05) is 11.5 Å². The molecule has 8 heteroatoms. The van der Waals surface area contributed by atoms with Crippen molar-refractivity contribution < 1.29 is 27.6 Å². The highest BCUT2D eigenvalue weighted by molar-refractivity contribution is 6.06. The summed E-state index contributed by atoms with van der Waals surface area (Å²) in [5, 5.41) is 0.739. The average Bonchev–Trinajstić information content (AvgIpc) is 2.75. The van der Waals surface area contributed by atoms with Gasteiger partial charge in [-0.25, -0.2) is 0 Å². The van der Waals surface area contributed by atoms with Gasteiger partial charge < -0.3 is 0 Å². The molecule has 3 amide bonds. The lowest BCUT2D eigenvalue weighted by Gasteiger charge is -2.47. The maximum Gasteiger partial charge on any atom is 0.416 e. The zero-order chi connectivity index (χ0) is 19.5. The van der Waals surface area contributed by atoms with Crippen LogP contribution in [0.15, 0.2) is 24.3 Å². The number of hydrogen-bond acceptors (Lipinski definition) is 3. The van der Waals surface area contributed by atoms with Crippen molar-refractivity contribution in [3.8, 4) is 0 Å². The lowest BCUT2D eigenvalue weighted by Crippen LogP contribution is -2.63. The summed E-state index contributed by atoms with van der Waals surface area (Å²) < 4.78 is 37.8. The topological polar surface area (TPSA) is 66.5 Å². The fourth-order valence-electron chi connectivity index (χ4n) is 3.90. The van der Waals surface area contributed by atoms with Crippen LogP contribution in [-0.4, -0.2) is 22.7 Å². The van der Waals surface area contributed by atoms with E-state index in [1.54, 1.807) is 6.92 Å². The lowest BCUT2D eigenvalue weighted by atomic mass is 9.63. The van der Waals surface area contributed by atoms with Gasteiger partial charge in [0.15, 0.2) is 0 Å². The molecule has 0 spiro atoms. The average molecular weight is 368 g/mol. The highest BCUT2D eigenvalue weighted by Gasteiger charge is 2.64. The Kier molecular flexibility index (Phi) is 3.94. The van der Waals surface area contributed by atoms with Crippen molar-refractivity contribution in [2.75, 3.05) is 0 Å². The van der Waals surface area contributed by atoms with E-state index in [-0.39, 0.29) is 5.56 Å². The summed E-state index contributed by atoms with van der Waals surface area (Å²) in [5.74, 6) is -2.15. The maximum absolute atomic E-state index is 12.8. The second-order valence-corrected chi connectivity index (χ2v) is 7.64. The molecule has 1 aliphatic carbocycles. The number of alkyl halides is 3. The molecular formula is C18H19F3N2O3. The summed E-state index contributed by atoms with van der Waals surface area (Å²) in [7, 11) is 0. The van der Waals surface area contributed by atoms with E-state index in [9.17, 15) is 27.6 Å². The number of rotatable bonds is 2. The minimum absolute atomic E-state index is 0.0686. The molecule has 2 bridgehead atoms. The molecule has 1 N–H and O–H groups in total. The van der Waals surface area contributed by atoms with Crippen LogP contribution < -0.4 is 5.43 Å². The molecule has 5 nitrogen and oxygen atoms in total. The number of carbonyl (C=O) groups is 3. The van der Waals surface area contributed by atoms with Gasteiger partial charge in [0.2, 0.25) is 0 Å². The molecule has 3 rings (SSSR count). The molecule has 1 saturated carbocycles. The molecule has 0 aromatic heterocycles. The Morgan fingerprint density at radius 2 is 1.73 bits per heavy atom. The van der Waals surface area contributed by atoms with E-state index in [1.165, 1.54) is 0 Å². The normalized spacial score (nSPS) is 27.6. The van der Waals surface area contributed by atoms with E-state index < -0.39 is 46.2 Å². The highest BCUT2D eigenvalue weighted by Crippen LogP contribution is 2.59. The third-order valence-electron chi connectivity index (χ3n) is 6.11. The van der Waals surface area contributed by atoms with Crippen molar-refractivity contribution in [3.63, 3.8) is 0 Å². The van der Waals surface area contributed by atoms with Gasteiger partial charge in [0.1, 0.15) is 0 Å². The Labute approximate surface area is 148 Å². The minimum atomic E-state index is -4.51. The predicted molar refractivity (Wildman–Crippen MR) is 85.4 cm³/mol. The van der Waals surface area contributed by atoms with Gasteiger partial charge in [-0.05, 0) is 42.5 Å². The molecule has 1 aromatic carbocycles. The van der Waals surface area contributed by atoms with Crippen LogP contribution in [-0.2, 0) is 15.8 Å². The van der Waals surface area contributed by atoms with E-state index in [1.807, 2.05) is 13.8 Å². The second-order valence-electron chi connectivity index (χ2n) is 7.64. The van der Waals surface area contributed by atoms with Crippen molar-refractivity contribution in [2.24, 2.45) is 16.7 Å². The lowest BCUT2D eigenvalue weighted by molar-refractivity contribution is -0.171. The van der Waals surface area contributed by atoms with Crippen molar-refractivity contribution >= 4 is 17.7 Å². The number of amides is 3. The molecule has 1 heterocycles. The number of imide groups is 1. The Bertz CT molecular complexity index is 786. The van der Waals surface area contributed by atoms with Gasteiger partial charge in [-0.1, -0.05) is 20.8 Å². The van der Waals surface area contributed by atoms with Gasteiger partial charge in [-0.15, -0.1) is 0 Å². The largest absolute Gasteiger partial charge is 0.416 e. The molecule has 1 saturated heterocycles. The SMILES string of the molecule is CC1(C)[C@@H]2CC[C@@]1(C)C(=O)N(NC(=O)c1ccc(C(F)(F)F)cc1)C2=O. The van der Waals surface area contributed by atoms with Crippen LogP contribution in [0.5, 0.6) is 0 Å². The van der Waals surface area contributed by atoms with Gasteiger partial charge in [0.05, 0.1) is 11.0 Å². The molecule has 0 unspecified atom stereocenters. The third-order valence-corrected chi connectivity index (χ3v) is 6.11. The monoisotopic (exact) mass is 368 g/mol. The number of fused-ring (bicyclic) bond motifs is 2. The zero-order valence-electron chi connectivity index (χ0n) is 14.6. The smallest absolute Gasteiger partial charge is 0.272 e. The Hall–Kier alpha value is -2.38. The van der Waals surface area contributed by atoms with Crippen LogP contribution in [0, 0.1) is 16.7 Å². The number of hydrazine groups is 1. The Balaban J connectivity index is 1.82. The zero-order valence-corrected chi connectivity index (χ0v) is 14.6. The highest BCUT2D eigenvalue weighted by atomic mass is 19.4. The number of carbonyl (C=O) groups excluding carboxylic acids is 3. The molecular weight excluding hydrogens is 349 g/mol. The number of halogens is 3. The van der Waals surface area contributed by atoms with Crippen LogP contribution in [0.25, 0.3) is 0 Å². The maximum atomic E-state index is 12.8. The molecule has 2 fully saturated rings. The first-order valence-corrected chi connectivity index (χ1v) is 8.26. The number of piperidine rings is 1. The number of benzene rings is 1. The predicted octanol–water partition coefficient (Wildman–Crippen LogP) is 3.16. The number of hydrogen-bond donors (Lipinski definition) is 1. The number of nitrogens with zero attached hydrogens (tertiary/aromatic N) is 1. The molecule has 2 atom stereocenters. The van der Waals surface area contributed by atoms with E-state index >= 15 is 0 Å². The van der Waals surface area contributed by atoms with Gasteiger partial charge >= 0.3 is 6.18 Å².